The Balaban J connectivity index is 2.40. The number of hydrogen-bond donors (Lipinski definition) is 1. The summed E-state index contributed by atoms with van der Waals surface area (Å²) in [5.41, 5.74) is 1.15. The molecule has 0 saturated carbocycles. The van der Waals surface area contributed by atoms with E-state index in [4.69, 9.17) is 9.63 Å². The molecule has 78 valence electrons. The van der Waals surface area contributed by atoms with Crippen molar-refractivity contribution in [2.24, 2.45) is 0 Å². The third-order valence-electron chi connectivity index (χ3n) is 2.01. The lowest BCUT2D eigenvalue weighted by atomic mass is 10.1. The van der Waals surface area contributed by atoms with E-state index in [0.29, 0.717) is 11.1 Å². The summed E-state index contributed by atoms with van der Waals surface area (Å²) in [4.78, 5) is 3.92. The molecule has 0 fully saturated rings. The van der Waals surface area contributed by atoms with Crippen LogP contribution in [0.15, 0.2) is 22.7 Å². The predicted octanol–water partition coefficient (Wildman–Crippen LogP) is 1.68. The Bertz CT molecular complexity index is 482. The lowest BCUT2D eigenvalue weighted by Crippen LogP contribution is -1.86. The number of aliphatic hydroxyl groups is 1. The van der Waals surface area contributed by atoms with Gasteiger partial charge in [0.1, 0.15) is 12.4 Å². The smallest absolute Gasteiger partial charge is 0.258 e. The van der Waals surface area contributed by atoms with E-state index < -0.39 is 0 Å². The molecule has 1 aromatic heterocycles. The number of hydrogen-bond acceptors (Lipinski definition) is 4. The Morgan fingerprint density at radius 1 is 1.47 bits per heavy atom. The van der Waals surface area contributed by atoms with Gasteiger partial charge in [0.05, 0.1) is 0 Å². The van der Waals surface area contributed by atoms with Crippen molar-refractivity contribution in [3.05, 3.63) is 35.4 Å². The second-order valence-electron chi connectivity index (χ2n) is 3.14. The van der Waals surface area contributed by atoms with E-state index in [9.17, 15) is 4.39 Å². The van der Waals surface area contributed by atoms with Gasteiger partial charge in [-0.2, -0.15) is 4.98 Å². The van der Waals surface area contributed by atoms with E-state index in [0.717, 1.165) is 0 Å². The molecule has 1 aromatic carbocycles. The second kappa shape index (κ2) is 3.78. The van der Waals surface area contributed by atoms with Crippen LogP contribution >= 0.6 is 0 Å². The Morgan fingerprint density at radius 3 is 2.87 bits per heavy atom. The molecule has 0 amide bonds. The predicted molar refractivity (Wildman–Crippen MR) is 50.4 cm³/mol. The Kier molecular flexibility index (Phi) is 2.47. The number of halogens is 1. The molecule has 0 bridgehead atoms. The fraction of sp³-hybridized carbons (Fsp3) is 0.200. The largest absolute Gasteiger partial charge is 0.388 e. The lowest BCUT2D eigenvalue weighted by molar-refractivity contribution is 0.264. The fourth-order valence-corrected chi connectivity index (χ4v) is 1.21. The molecular formula is C10H9FN2O2. The minimum absolute atomic E-state index is 0.215. The topological polar surface area (TPSA) is 59.2 Å². The van der Waals surface area contributed by atoms with Gasteiger partial charge in [-0.3, -0.25) is 0 Å². The van der Waals surface area contributed by atoms with E-state index in [1.165, 1.54) is 6.07 Å². The molecule has 15 heavy (non-hydrogen) atoms. The molecule has 0 saturated heterocycles. The van der Waals surface area contributed by atoms with Crippen LogP contribution in [0.4, 0.5) is 4.39 Å². The number of aryl methyl sites for hydroxylation is 1. The van der Waals surface area contributed by atoms with E-state index in [-0.39, 0.29) is 24.1 Å². The highest BCUT2D eigenvalue weighted by Crippen LogP contribution is 2.19. The number of rotatable bonds is 2. The van der Waals surface area contributed by atoms with Crippen molar-refractivity contribution in [1.29, 1.82) is 0 Å². The van der Waals surface area contributed by atoms with Crippen molar-refractivity contribution < 1.29 is 14.0 Å². The maximum absolute atomic E-state index is 13.0. The van der Waals surface area contributed by atoms with E-state index in [1.54, 1.807) is 19.1 Å². The number of benzene rings is 1. The van der Waals surface area contributed by atoms with E-state index >= 15 is 0 Å². The zero-order valence-electron chi connectivity index (χ0n) is 8.07. The van der Waals surface area contributed by atoms with Gasteiger partial charge in [0.15, 0.2) is 5.82 Å². The van der Waals surface area contributed by atoms with Crippen LogP contribution in [0, 0.1) is 12.7 Å². The minimum atomic E-state index is -0.277. The van der Waals surface area contributed by atoms with Crippen molar-refractivity contribution in [3.63, 3.8) is 0 Å². The number of aliphatic hydroxyl groups excluding tert-OH is 1. The maximum Gasteiger partial charge on any atom is 0.258 e. The summed E-state index contributed by atoms with van der Waals surface area (Å²) in [7, 11) is 0. The monoisotopic (exact) mass is 208 g/mol. The van der Waals surface area contributed by atoms with Crippen LogP contribution < -0.4 is 0 Å². The molecule has 2 rings (SSSR count). The van der Waals surface area contributed by atoms with Crippen molar-refractivity contribution in [1.82, 2.24) is 10.1 Å². The first kappa shape index (κ1) is 9.79. The standard InChI is InChI=1S/C10H9FN2O2/c1-6-4-7(2-3-8(6)11)10-12-9(5-14)13-15-10/h2-4,14H,5H2,1H3. The first-order chi connectivity index (χ1) is 7.20. The molecule has 0 unspecified atom stereocenters. The van der Waals surface area contributed by atoms with Gasteiger partial charge < -0.3 is 9.63 Å². The quantitative estimate of drug-likeness (QED) is 0.815. The number of aromatic nitrogens is 2. The fourth-order valence-electron chi connectivity index (χ4n) is 1.21. The average Bonchev–Trinajstić information content (AvgIpc) is 2.70. The maximum atomic E-state index is 13.0. The lowest BCUT2D eigenvalue weighted by Gasteiger charge is -1.97. The van der Waals surface area contributed by atoms with Crippen LogP contribution in [0.2, 0.25) is 0 Å². The Morgan fingerprint density at radius 2 is 2.27 bits per heavy atom. The normalized spacial score (nSPS) is 10.6. The number of nitrogens with zero attached hydrogens (tertiary/aromatic N) is 2. The van der Waals surface area contributed by atoms with E-state index in [1.807, 2.05) is 0 Å². The molecule has 1 N–H and O–H groups in total. The summed E-state index contributed by atoms with van der Waals surface area (Å²) >= 11 is 0. The van der Waals surface area contributed by atoms with E-state index in [2.05, 4.69) is 10.1 Å². The third kappa shape index (κ3) is 1.87. The molecule has 0 atom stereocenters. The zero-order chi connectivity index (χ0) is 10.8. The molecule has 4 nitrogen and oxygen atoms in total. The molecule has 0 spiro atoms. The summed E-state index contributed by atoms with van der Waals surface area (Å²) < 4.78 is 17.9. The minimum Gasteiger partial charge on any atom is -0.388 e. The molecular weight excluding hydrogens is 199 g/mol. The summed E-state index contributed by atoms with van der Waals surface area (Å²) in [6.45, 7) is 1.38. The molecule has 0 aliphatic rings. The summed E-state index contributed by atoms with van der Waals surface area (Å²) in [5.74, 6) is 0.217. The third-order valence-corrected chi connectivity index (χ3v) is 2.01. The van der Waals surface area contributed by atoms with Crippen molar-refractivity contribution in [2.45, 2.75) is 13.5 Å². The van der Waals surface area contributed by atoms with Crippen LogP contribution in [0.25, 0.3) is 11.5 Å². The summed E-state index contributed by atoms with van der Waals surface area (Å²) in [6, 6.07) is 4.51. The van der Waals surface area contributed by atoms with Crippen LogP contribution in [0.3, 0.4) is 0 Å². The highest BCUT2D eigenvalue weighted by atomic mass is 19.1. The highest BCUT2D eigenvalue weighted by Gasteiger charge is 2.09. The van der Waals surface area contributed by atoms with Gasteiger partial charge >= 0.3 is 0 Å². The van der Waals surface area contributed by atoms with Crippen molar-refractivity contribution >= 4 is 0 Å². The average molecular weight is 208 g/mol. The molecule has 0 aliphatic carbocycles. The van der Waals surface area contributed by atoms with Gasteiger partial charge in [-0.05, 0) is 30.7 Å². The van der Waals surface area contributed by atoms with Gasteiger partial charge in [0.25, 0.3) is 5.89 Å². The summed E-state index contributed by atoms with van der Waals surface area (Å²) in [6.07, 6.45) is 0. The Labute approximate surface area is 85.4 Å². The summed E-state index contributed by atoms with van der Waals surface area (Å²) in [5, 5.41) is 12.3. The van der Waals surface area contributed by atoms with Gasteiger partial charge in [0.2, 0.25) is 0 Å². The van der Waals surface area contributed by atoms with Gasteiger partial charge in [-0.25, -0.2) is 4.39 Å². The van der Waals surface area contributed by atoms with Gasteiger partial charge in [0, 0.05) is 5.56 Å². The van der Waals surface area contributed by atoms with Gasteiger partial charge in [-0.15, -0.1) is 0 Å². The molecule has 0 aliphatic heterocycles. The van der Waals surface area contributed by atoms with Crippen LogP contribution in [0.1, 0.15) is 11.4 Å². The van der Waals surface area contributed by atoms with Crippen molar-refractivity contribution in [3.8, 4) is 11.5 Å². The van der Waals surface area contributed by atoms with Crippen molar-refractivity contribution in [2.75, 3.05) is 0 Å². The van der Waals surface area contributed by atoms with Gasteiger partial charge in [-0.1, -0.05) is 5.16 Å². The SMILES string of the molecule is Cc1cc(-c2nc(CO)no2)ccc1F. The highest BCUT2D eigenvalue weighted by molar-refractivity contribution is 5.54. The molecule has 0 radical (unpaired) electrons. The van der Waals surface area contributed by atoms with Crippen LogP contribution in [-0.4, -0.2) is 15.2 Å². The van der Waals surface area contributed by atoms with Crippen LogP contribution in [0.5, 0.6) is 0 Å². The Hall–Kier alpha value is -1.75. The molecule has 2 aromatic rings. The first-order valence-corrected chi connectivity index (χ1v) is 4.40. The zero-order valence-corrected chi connectivity index (χ0v) is 8.07. The second-order valence-corrected chi connectivity index (χ2v) is 3.14. The molecule has 1 heterocycles. The molecule has 5 heteroatoms. The van der Waals surface area contributed by atoms with Crippen LogP contribution in [-0.2, 0) is 6.61 Å². The first-order valence-electron chi connectivity index (χ1n) is 4.40.